The van der Waals surface area contributed by atoms with Crippen molar-refractivity contribution in [2.75, 3.05) is 6.54 Å². The minimum Gasteiger partial charge on any atom is -0.307 e. The molecule has 0 bridgehead atoms. The highest BCUT2D eigenvalue weighted by Crippen LogP contribution is 2.28. The highest BCUT2D eigenvalue weighted by atomic mass is 35.5. The standard InChI is InChI=1S/C12H14FNO.ClH/c1-12(8-11(15)5-6-14-12)9-3-2-4-10(13)7-9;/h2-4,7,14H,5-6,8H2,1H3;1H. The fraction of sp³-hybridized carbons (Fsp3) is 0.417. The molecule has 0 radical (unpaired) electrons. The van der Waals surface area contributed by atoms with Gasteiger partial charge in [0.25, 0.3) is 0 Å². The van der Waals surface area contributed by atoms with E-state index in [1.54, 1.807) is 6.07 Å². The first kappa shape index (κ1) is 13.1. The smallest absolute Gasteiger partial charge is 0.136 e. The van der Waals surface area contributed by atoms with Crippen molar-refractivity contribution in [1.82, 2.24) is 5.32 Å². The summed E-state index contributed by atoms with van der Waals surface area (Å²) < 4.78 is 13.1. The summed E-state index contributed by atoms with van der Waals surface area (Å²) >= 11 is 0. The van der Waals surface area contributed by atoms with Crippen molar-refractivity contribution in [2.45, 2.75) is 25.3 Å². The van der Waals surface area contributed by atoms with Crippen LogP contribution >= 0.6 is 12.4 Å². The second-order valence-electron chi connectivity index (χ2n) is 4.23. The monoisotopic (exact) mass is 243 g/mol. The summed E-state index contributed by atoms with van der Waals surface area (Å²) in [5.41, 5.74) is 0.438. The van der Waals surface area contributed by atoms with E-state index in [9.17, 15) is 9.18 Å². The predicted molar refractivity (Wildman–Crippen MR) is 63.2 cm³/mol. The number of rotatable bonds is 1. The average molecular weight is 244 g/mol. The molecule has 4 heteroatoms. The first-order valence-electron chi connectivity index (χ1n) is 5.13. The molecule has 2 rings (SSSR count). The lowest BCUT2D eigenvalue weighted by molar-refractivity contribution is -0.122. The van der Waals surface area contributed by atoms with Crippen LogP contribution in [0.25, 0.3) is 0 Å². The van der Waals surface area contributed by atoms with Crippen LogP contribution in [0.2, 0.25) is 0 Å². The van der Waals surface area contributed by atoms with E-state index in [-0.39, 0.29) is 24.0 Å². The molecule has 1 aliphatic heterocycles. The van der Waals surface area contributed by atoms with Crippen LogP contribution in [0.3, 0.4) is 0 Å². The van der Waals surface area contributed by atoms with E-state index in [2.05, 4.69) is 5.32 Å². The van der Waals surface area contributed by atoms with Crippen LogP contribution in [0, 0.1) is 5.82 Å². The summed E-state index contributed by atoms with van der Waals surface area (Å²) in [5.74, 6) is -0.0194. The summed E-state index contributed by atoms with van der Waals surface area (Å²) in [7, 11) is 0. The fourth-order valence-electron chi connectivity index (χ4n) is 2.06. The van der Waals surface area contributed by atoms with E-state index < -0.39 is 5.54 Å². The van der Waals surface area contributed by atoms with Crippen molar-refractivity contribution in [2.24, 2.45) is 0 Å². The molecule has 16 heavy (non-hydrogen) atoms. The van der Waals surface area contributed by atoms with Gasteiger partial charge in [0, 0.05) is 24.9 Å². The van der Waals surface area contributed by atoms with Crippen LogP contribution in [0.4, 0.5) is 4.39 Å². The SMILES string of the molecule is CC1(c2cccc(F)c2)CC(=O)CCN1.Cl. The molecule has 2 nitrogen and oxygen atoms in total. The molecule has 1 aromatic rings. The Morgan fingerprint density at radius 3 is 2.81 bits per heavy atom. The normalized spacial score (nSPS) is 25.0. The summed E-state index contributed by atoms with van der Waals surface area (Å²) in [5, 5.41) is 3.28. The number of nitrogens with one attached hydrogen (secondary N) is 1. The van der Waals surface area contributed by atoms with Gasteiger partial charge in [-0.3, -0.25) is 4.79 Å². The van der Waals surface area contributed by atoms with Crippen molar-refractivity contribution in [3.8, 4) is 0 Å². The van der Waals surface area contributed by atoms with Crippen molar-refractivity contribution >= 4 is 18.2 Å². The van der Waals surface area contributed by atoms with Crippen molar-refractivity contribution in [3.05, 3.63) is 35.6 Å². The lowest BCUT2D eigenvalue weighted by Gasteiger charge is -2.34. The molecule has 0 saturated carbocycles. The summed E-state index contributed by atoms with van der Waals surface area (Å²) in [6.45, 7) is 2.62. The van der Waals surface area contributed by atoms with Crippen LogP contribution < -0.4 is 5.32 Å². The maximum absolute atomic E-state index is 13.1. The van der Waals surface area contributed by atoms with Gasteiger partial charge in [-0.25, -0.2) is 4.39 Å². The maximum atomic E-state index is 13.1. The number of ketones is 1. The van der Waals surface area contributed by atoms with E-state index in [0.717, 1.165) is 5.56 Å². The molecule has 1 aliphatic rings. The maximum Gasteiger partial charge on any atom is 0.136 e. The van der Waals surface area contributed by atoms with Crippen molar-refractivity contribution in [1.29, 1.82) is 0 Å². The summed E-state index contributed by atoms with van der Waals surface area (Å²) in [6.07, 6.45) is 1.02. The number of benzene rings is 1. The molecular weight excluding hydrogens is 229 g/mol. The van der Waals surface area contributed by atoms with Gasteiger partial charge in [0.1, 0.15) is 11.6 Å². The number of piperidine rings is 1. The number of Topliss-reactive ketones (excluding diaryl/α,β-unsaturated/α-hetero) is 1. The molecule has 1 N–H and O–H groups in total. The number of hydrogen-bond donors (Lipinski definition) is 1. The minimum absolute atomic E-state index is 0. The number of carbonyl (C=O) groups excluding carboxylic acids is 1. The molecule has 1 heterocycles. The van der Waals surface area contributed by atoms with Gasteiger partial charge >= 0.3 is 0 Å². The molecular formula is C12H15ClFNO. The third kappa shape index (κ3) is 2.60. The Morgan fingerprint density at radius 2 is 2.19 bits per heavy atom. The van der Waals surface area contributed by atoms with Crippen LogP contribution in [0.5, 0.6) is 0 Å². The number of halogens is 2. The highest BCUT2D eigenvalue weighted by molar-refractivity contribution is 5.85. The van der Waals surface area contributed by atoms with Crippen LogP contribution in [0.15, 0.2) is 24.3 Å². The topological polar surface area (TPSA) is 29.1 Å². The lowest BCUT2D eigenvalue weighted by atomic mass is 9.83. The second-order valence-corrected chi connectivity index (χ2v) is 4.23. The summed E-state index contributed by atoms with van der Waals surface area (Å²) in [4.78, 5) is 11.4. The molecule has 88 valence electrons. The zero-order valence-corrected chi connectivity index (χ0v) is 9.94. The Bertz CT molecular complexity index is 396. The lowest BCUT2D eigenvalue weighted by Crippen LogP contribution is -2.46. The Kier molecular flexibility index (Phi) is 4.05. The first-order valence-corrected chi connectivity index (χ1v) is 5.13. The van der Waals surface area contributed by atoms with E-state index in [0.29, 0.717) is 19.4 Å². The van der Waals surface area contributed by atoms with E-state index in [1.807, 2.05) is 13.0 Å². The Hall–Kier alpha value is -0.930. The van der Waals surface area contributed by atoms with Crippen molar-refractivity contribution < 1.29 is 9.18 Å². The average Bonchev–Trinajstić information content (AvgIpc) is 2.17. The molecule has 0 aliphatic carbocycles. The van der Waals surface area contributed by atoms with Crippen LogP contribution in [-0.2, 0) is 10.3 Å². The first-order chi connectivity index (χ1) is 7.10. The van der Waals surface area contributed by atoms with Gasteiger partial charge in [0.15, 0.2) is 0 Å². The van der Waals surface area contributed by atoms with E-state index in [4.69, 9.17) is 0 Å². The molecule has 1 fully saturated rings. The van der Waals surface area contributed by atoms with Crippen molar-refractivity contribution in [3.63, 3.8) is 0 Å². The Labute approximate surface area is 101 Å². The quantitative estimate of drug-likeness (QED) is 0.821. The molecule has 0 spiro atoms. The van der Waals surface area contributed by atoms with E-state index in [1.165, 1.54) is 12.1 Å². The molecule has 0 amide bonds. The minimum atomic E-state index is -0.405. The van der Waals surface area contributed by atoms with E-state index >= 15 is 0 Å². The molecule has 1 unspecified atom stereocenters. The molecule has 0 aromatic heterocycles. The third-order valence-electron chi connectivity index (χ3n) is 2.93. The summed E-state index contributed by atoms with van der Waals surface area (Å²) in [6, 6.07) is 6.44. The van der Waals surface area contributed by atoms with Gasteiger partial charge in [0.05, 0.1) is 0 Å². The van der Waals surface area contributed by atoms with Gasteiger partial charge in [0.2, 0.25) is 0 Å². The second kappa shape index (κ2) is 4.93. The zero-order chi connectivity index (χ0) is 10.9. The van der Waals surface area contributed by atoms with Crippen LogP contribution in [-0.4, -0.2) is 12.3 Å². The Balaban J connectivity index is 0.00000128. The van der Waals surface area contributed by atoms with Gasteiger partial charge < -0.3 is 5.32 Å². The van der Waals surface area contributed by atoms with Gasteiger partial charge in [-0.05, 0) is 24.6 Å². The molecule has 1 saturated heterocycles. The van der Waals surface area contributed by atoms with Crippen LogP contribution in [0.1, 0.15) is 25.3 Å². The Morgan fingerprint density at radius 1 is 1.44 bits per heavy atom. The molecule has 1 aromatic carbocycles. The van der Waals surface area contributed by atoms with Gasteiger partial charge in [-0.2, -0.15) is 0 Å². The fourth-order valence-corrected chi connectivity index (χ4v) is 2.06. The predicted octanol–water partition coefficient (Wildman–Crippen LogP) is 2.42. The number of carbonyl (C=O) groups is 1. The highest BCUT2D eigenvalue weighted by Gasteiger charge is 2.32. The zero-order valence-electron chi connectivity index (χ0n) is 9.13. The molecule has 1 atom stereocenters. The third-order valence-corrected chi connectivity index (χ3v) is 2.93. The van der Waals surface area contributed by atoms with Gasteiger partial charge in [-0.1, -0.05) is 12.1 Å². The number of hydrogen-bond acceptors (Lipinski definition) is 2. The largest absolute Gasteiger partial charge is 0.307 e. The van der Waals surface area contributed by atoms with Gasteiger partial charge in [-0.15, -0.1) is 12.4 Å².